The maximum absolute atomic E-state index is 13.9. The Kier molecular flexibility index (Phi) is 6.61. The number of benzene rings is 3. The van der Waals surface area contributed by atoms with Gasteiger partial charge in [0.2, 0.25) is 17.5 Å². The molecule has 4 nitrogen and oxygen atoms in total. The summed E-state index contributed by atoms with van der Waals surface area (Å²) in [6, 6.07) is 5.77. The first-order chi connectivity index (χ1) is 17.0. The molecule has 14 heteroatoms. The summed E-state index contributed by atoms with van der Waals surface area (Å²) in [6.45, 7) is -2.46. The van der Waals surface area contributed by atoms with Crippen LogP contribution in [0, 0.1) is 58.2 Å². The lowest BCUT2D eigenvalue weighted by atomic mass is 10.1. The van der Waals surface area contributed by atoms with Gasteiger partial charge in [-0.1, -0.05) is 23.4 Å². The van der Waals surface area contributed by atoms with Crippen molar-refractivity contribution in [3.63, 3.8) is 0 Å². The summed E-state index contributed by atoms with van der Waals surface area (Å²) in [5, 5.41) is 3.50. The molecule has 188 valence electrons. The summed E-state index contributed by atoms with van der Waals surface area (Å²) in [7, 11) is 0. The van der Waals surface area contributed by atoms with Crippen molar-refractivity contribution in [2.75, 3.05) is 0 Å². The molecule has 0 aliphatic carbocycles. The molecule has 0 unspecified atom stereocenters. The van der Waals surface area contributed by atoms with Crippen LogP contribution in [0.1, 0.15) is 16.7 Å². The third-order valence-corrected chi connectivity index (χ3v) is 4.90. The Labute approximate surface area is 194 Å². The molecule has 0 fully saturated rings. The van der Waals surface area contributed by atoms with Gasteiger partial charge in [0, 0.05) is 5.56 Å². The van der Waals surface area contributed by atoms with Crippen LogP contribution < -0.4 is 0 Å². The van der Waals surface area contributed by atoms with Gasteiger partial charge in [-0.05, 0) is 6.07 Å². The van der Waals surface area contributed by atoms with Crippen molar-refractivity contribution in [3.8, 4) is 0 Å². The Morgan fingerprint density at radius 1 is 0.583 bits per heavy atom. The predicted molar refractivity (Wildman–Crippen MR) is 102 cm³/mol. The fourth-order valence-corrected chi connectivity index (χ4v) is 3.09. The topological polar surface area (TPSA) is 43.2 Å². The quantitative estimate of drug-likeness (QED) is 0.172. The number of aliphatic imine (C=N–C) groups is 1. The van der Waals surface area contributed by atoms with Crippen molar-refractivity contribution in [1.29, 1.82) is 0 Å². The SMILES string of the molecule is Fc1c(F)c(F)c(CO/N=C2/C(OCc3c(F)c(F)c(F)c(F)c3F)=Nc3ccccc32)c(F)c1F. The van der Waals surface area contributed by atoms with Crippen molar-refractivity contribution in [2.45, 2.75) is 13.2 Å². The molecule has 0 spiro atoms. The lowest BCUT2D eigenvalue weighted by molar-refractivity contribution is 0.123. The Balaban J connectivity index is 1.62. The van der Waals surface area contributed by atoms with Gasteiger partial charge in [-0.3, -0.25) is 0 Å². The van der Waals surface area contributed by atoms with E-state index in [1.807, 2.05) is 0 Å². The largest absolute Gasteiger partial charge is 0.471 e. The van der Waals surface area contributed by atoms with Crippen molar-refractivity contribution >= 4 is 17.3 Å². The van der Waals surface area contributed by atoms with E-state index in [4.69, 9.17) is 9.57 Å². The minimum atomic E-state index is -2.37. The van der Waals surface area contributed by atoms with Crippen LogP contribution in [0.4, 0.5) is 49.6 Å². The molecule has 4 rings (SSSR count). The van der Waals surface area contributed by atoms with Gasteiger partial charge in [0.05, 0.1) is 16.8 Å². The highest BCUT2D eigenvalue weighted by molar-refractivity contribution is 6.49. The van der Waals surface area contributed by atoms with Crippen LogP contribution in [0.5, 0.6) is 0 Å². The molecule has 0 radical (unpaired) electrons. The number of halogens is 10. The van der Waals surface area contributed by atoms with E-state index in [0.29, 0.717) is 0 Å². The van der Waals surface area contributed by atoms with Crippen molar-refractivity contribution < 1.29 is 53.5 Å². The lowest BCUT2D eigenvalue weighted by Gasteiger charge is -2.11. The maximum Gasteiger partial charge on any atom is 0.245 e. The molecule has 1 heterocycles. The van der Waals surface area contributed by atoms with E-state index in [1.165, 1.54) is 24.3 Å². The van der Waals surface area contributed by atoms with Gasteiger partial charge in [0.25, 0.3) is 0 Å². The highest BCUT2D eigenvalue weighted by Gasteiger charge is 2.30. The van der Waals surface area contributed by atoms with Gasteiger partial charge in [-0.15, -0.1) is 0 Å². The smallest absolute Gasteiger partial charge is 0.245 e. The zero-order chi connectivity index (χ0) is 26.3. The van der Waals surface area contributed by atoms with Crippen LogP contribution >= 0.6 is 0 Å². The molecule has 1 aliphatic heterocycles. The number of nitrogens with zero attached hydrogens (tertiary/aromatic N) is 2. The van der Waals surface area contributed by atoms with E-state index < -0.39 is 88.4 Å². The molecule has 3 aromatic rings. The number of para-hydroxylation sites is 1. The number of rotatable bonds is 5. The first-order valence-corrected chi connectivity index (χ1v) is 9.56. The molecule has 36 heavy (non-hydrogen) atoms. The molecule has 0 atom stereocenters. The summed E-state index contributed by atoms with van der Waals surface area (Å²) < 4.78 is 141. The Morgan fingerprint density at radius 3 is 1.56 bits per heavy atom. The van der Waals surface area contributed by atoms with Crippen LogP contribution in [0.15, 0.2) is 34.4 Å². The molecule has 0 bridgehead atoms. The van der Waals surface area contributed by atoms with Crippen molar-refractivity contribution in [1.82, 2.24) is 0 Å². The van der Waals surface area contributed by atoms with Gasteiger partial charge in [0.15, 0.2) is 52.2 Å². The monoisotopic (exact) mass is 522 g/mol. The van der Waals surface area contributed by atoms with Crippen LogP contribution in [0.25, 0.3) is 0 Å². The Bertz CT molecular complexity index is 1400. The van der Waals surface area contributed by atoms with E-state index in [2.05, 4.69) is 10.1 Å². The van der Waals surface area contributed by atoms with E-state index in [9.17, 15) is 43.9 Å². The normalized spacial score (nSPS) is 13.7. The zero-order valence-electron chi connectivity index (χ0n) is 17.2. The summed E-state index contributed by atoms with van der Waals surface area (Å²) in [5.74, 6) is -22.7. The predicted octanol–water partition coefficient (Wildman–Crippen LogP) is 6.26. The Hall–Kier alpha value is -4.10. The average molecular weight is 522 g/mol. The summed E-state index contributed by atoms with van der Waals surface area (Å²) in [4.78, 5) is 8.66. The lowest BCUT2D eigenvalue weighted by Crippen LogP contribution is -2.18. The van der Waals surface area contributed by atoms with Gasteiger partial charge in [-0.25, -0.2) is 48.9 Å². The molecule has 3 aromatic carbocycles. The molecule has 0 saturated carbocycles. The minimum absolute atomic E-state index is 0.141. The number of hydrogen-bond donors (Lipinski definition) is 0. The fraction of sp³-hybridized carbons (Fsp3) is 0.0909. The molecule has 1 aliphatic rings. The molecular formula is C22H8F10N2O2. The van der Waals surface area contributed by atoms with E-state index in [0.717, 1.165) is 0 Å². The fourth-order valence-electron chi connectivity index (χ4n) is 3.09. The van der Waals surface area contributed by atoms with Crippen LogP contribution in [-0.2, 0) is 22.8 Å². The van der Waals surface area contributed by atoms with Crippen molar-refractivity contribution in [2.24, 2.45) is 10.1 Å². The van der Waals surface area contributed by atoms with E-state index in [-0.39, 0.29) is 17.0 Å². The van der Waals surface area contributed by atoms with Crippen molar-refractivity contribution in [3.05, 3.63) is 99.1 Å². The zero-order valence-corrected chi connectivity index (χ0v) is 17.2. The van der Waals surface area contributed by atoms with Gasteiger partial charge in [-0.2, -0.15) is 0 Å². The second-order valence-corrected chi connectivity index (χ2v) is 7.03. The molecule has 0 aromatic heterocycles. The van der Waals surface area contributed by atoms with Gasteiger partial charge < -0.3 is 9.57 Å². The van der Waals surface area contributed by atoms with Crippen LogP contribution in [0.3, 0.4) is 0 Å². The number of hydrogen-bond acceptors (Lipinski definition) is 4. The van der Waals surface area contributed by atoms with Gasteiger partial charge in [0.1, 0.15) is 13.2 Å². The van der Waals surface area contributed by atoms with Crippen LogP contribution in [-0.4, -0.2) is 11.6 Å². The summed E-state index contributed by atoms with van der Waals surface area (Å²) >= 11 is 0. The first-order valence-electron chi connectivity index (χ1n) is 9.56. The highest BCUT2D eigenvalue weighted by atomic mass is 19.2. The third kappa shape index (κ3) is 4.12. The van der Waals surface area contributed by atoms with Gasteiger partial charge >= 0.3 is 0 Å². The second-order valence-electron chi connectivity index (χ2n) is 7.03. The number of oxime groups is 1. The molecule has 0 saturated heterocycles. The van der Waals surface area contributed by atoms with E-state index >= 15 is 0 Å². The first kappa shape index (κ1) is 25.0. The Morgan fingerprint density at radius 2 is 1.03 bits per heavy atom. The van der Waals surface area contributed by atoms with E-state index in [1.54, 1.807) is 0 Å². The summed E-state index contributed by atoms with van der Waals surface area (Å²) in [6.07, 6.45) is 0. The standard InChI is InChI=1S/C22H8F10N2O2/c23-11-8(12(24)16(28)19(31)15(11)27)5-35-22-21(7-3-1-2-4-10(7)33-22)34-36-6-9-13(25)17(29)20(32)18(30)14(9)26/h1-4H,5-6H2/b34-21+. The highest BCUT2D eigenvalue weighted by Crippen LogP contribution is 2.30. The third-order valence-electron chi connectivity index (χ3n) is 4.90. The number of fused-ring (bicyclic) bond motifs is 1. The minimum Gasteiger partial charge on any atom is -0.471 e. The second kappa shape index (κ2) is 9.51. The maximum atomic E-state index is 13.9. The molecular weight excluding hydrogens is 514 g/mol. The summed E-state index contributed by atoms with van der Waals surface area (Å²) in [5.41, 5.74) is -2.75. The molecule has 0 amide bonds. The average Bonchev–Trinajstić information content (AvgIpc) is 3.23. The number of ether oxygens (including phenoxy) is 1. The van der Waals surface area contributed by atoms with Crippen LogP contribution in [0.2, 0.25) is 0 Å². The molecule has 0 N–H and O–H groups in total.